The molecule has 0 bridgehead atoms. The van der Waals surface area contributed by atoms with Crippen molar-refractivity contribution in [2.75, 3.05) is 0 Å². The summed E-state index contributed by atoms with van der Waals surface area (Å²) >= 11 is 2.07. The van der Waals surface area contributed by atoms with Crippen molar-refractivity contribution >= 4 is 32.4 Å². The molecule has 0 saturated heterocycles. The van der Waals surface area contributed by atoms with Gasteiger partial charge in [0.2, 0.25) is 9.84 Å². The Morgan fingerprint density at radius 1 is 1.12 bits per heavy atom. The van der Waals surface area contributed by atoms with Gasteiger partial charge in [-0.25, -0.2) is 13.4 Å². The van der Waals surface area contributed by atoms with Gasteiger partial charge in [0.1, 0.15) is 0 Å². The number of sulfone groups is 1. The second-order valence-electron chi connectivity index (χ2n) is 3.63. The maximum atomic E-state index is 12.2. The SMILES string of the molecule is Cc1ccc(S(=O)(=O)c2cc(I)ccn2)cc1. The maximum Gasteiger partial charge on any atom is 0.223 e. The summed E-state index contributed by atoms with van der Waals surface area (Å²) in [5.41, 5.74) is 1.03. The van der Waals surface area contributed by atoms with Gasteiger partial charge < -0.3 is 0 Å². The number of rotatable bonds is 2. The Morgan fingerprint density at radius 3 is 2.35 bits per heavy atom. The zero-order chi connectivity index (χ0) is 12.5. The molecule has 88 valence electrons. The van der Waals surface area contributed by atoms with E-state index in [-0.39, 0.29) is 9.92 Å². The third-order valence-corrected chi connectivity index (χ3v) is 4.64. The predicted octanol–water partition coefficient (Wildman–Crippen LogP) is 2.83. The molecule has 0 atom stereocenters. The van der Waals surface area contributed by atoms with Gasteiger partial charge in [0.15, 0.2) is 5.03 Å². The van der Waals surface area contributed by atoms with E-state index in [4.69, 9.17) is 0 Å². The minimum Gasteiger partial charge on any atom is -0.244 e. The van der Waals surface area contributed by atoms with E-state index in [9.17, 15) is 8.42 Å². The summed E-state index contributed by atoms with van der Waals surface area (Å²) in [5.74, 6) is 0. The van der Waals surface area contributed by atoms with E-state index in [0.717, 1.165) is 9.13 Å². The highest BCUT2D eigenvalue weighted by molar-refractivity contribution is 14.1. The molecule has 0 unspecified atom stereocenters. The largest absolute Gasteiger partial charge is 0.244 e. The van der Waals surface area contributed by atoms with Gasteiger partial charge in [0.25, 0.3) is 0 Å². The van der Waals surface area contributed by atoms with Crippen LogP contribution in [0.1, 0.15) is 5.56 Å². The van der Waals surface area contributed by atoms with E-state index in [0.29, 0.717) is 0 Å². The normalized spacial score (nSPS) is 11.4. The van der Waals surface area contributed by atoms with Gasteiger partial charge in [-0.05, 0) is 53.8 Å². The Balaban J connectivity index is 2.54. The first-order chi connectivity index (χ1) is 8.00. The highest BCUT2D eigenvalue weighted by Gasteiger charge is 2.18. The van der Waals surface area contributed by atoms with Crippen LogP contribution in [-0.2, 0) is 9.84 Å². The second kappa shape index (κ2) is 4.73. The molecule has 0 radical (unpaired) electrons. The molecule has 0 aliphatic rings. The Labute approximate surface area is 114 Å². The molecular weight excluding hydrogens is 349 g/mol. The summed E-state index contributed by atoms with van der Waals surface area (Å²) < 4.78 is 25.3. The first-order valence-corrected chi connectivity index (χ1v) is 7.50. The van der Waals surface area contributed by atoms with E-state index < -0.39 is 9.84 Å². The van der Waals surface area contributed by atoms with E-state index in [1.807, 2.05) is 6.92 Å². The summed E-state index contributed by atoms with van der Waals surface area (Å²) in [5, 5.41) is 0.0910. The highest BCUT2D eigenvalue weighted by atomic mass is 127. The van der Waals surface area contributed by atoms with Crippen molar-refractivity contribution in [1.82, 2.24) is 4.98 Å². The monoisotopic (exact) mass is 359 g/mol. The summed E-state index contributed by atoms with van der Waals surface area (Å²) in [6.07, 6.45) is 1.50. The van der Waals surface area contributed by atoms with Crippen molar-refractivity contribution in [2.24, 2.45) is 0 Å². The van der Waals surface area contributed by atoms with Crippen molar-refractivity contribution < 1.29 is 8.42 Å². The first kappa shape index (κ1) is 12.5. The highest BCUT2D eigenvalue weighted by Crippen LogP contribution is 2.20. The molecule has 3 nitrogen and oxygen atoms in total. The van der Waals surface area contributed by atoms with Crippen molar-refractivity contribution in [3.63, 3.8) is 0 Å². The molecule has 1 aromatic heterocycles. The molecule has 0 saturated carbocycles. The first-order valence-electron chi connectivity index (χ1n) is 4.93. The fourth-order valence-electron chi connectivity index (χ4n) is 1.37. The van der Waals surface area contributed by atoms with E-state index in [2.05, 4.69) is 27.6 Å². The maximum absolute atomic E-state index is 12.2. The number of benzene rings is 1. The van der Waals surface area contributed by atoms with Gasteiger partial charge in [0, 0.05) is 9.77 Å². The second-order valence-corrected chi connectivity index (χ2v) is 6.77. The van der Waals surface area contributed by atoms with E-state index in [1.54, 1.807) is 36.4 Å². The van der Waals surface area contributed by atoms with Crippen LogP contribution in [0.15, 0.2) is 52.5 Å². The van der Waals surface area contributed by atoms with Crippen LogP contribution in [0.3, 0.4) is 0 Å². The van der Waals surface area contributed by atoms with Gasteiger partial charge in [-0.1, -0.05) is 17.7 Å². The molecule has 1 heterocycles. The zero-order valence-electron chi connectivity index (χ0n) is 9.09. The number of aromatic nitrogens is 1. The smallest absolute Gasteiger partial charge is 0.223 e. The van der Waals surface area contributed by atoms with Crippen LogP contribution in [0.25, 0.3) is 0 Å². The van der Waals surface area contributed by atoms with Crippen molar-refractivity contribution in [3.05, 3.63) is 51.7 Å². The Morgan fingerprint density at radius 2 is 1.76 bits per heavy atom. The molecule has 0 spiro atoms. The molecule has 0 aliphatic heterocycles. The molecule has 0 fully saturated rings. The minimum atomic E-state index is -3.49. The lowest BCUT2D eigenvalue weighted by atomic mass is 10.2. The third kappa shape index (κ3) is 2.66. The van der Waals surface area contributed by atoms with Crippen LogP contribution in [0, 0.1) is 10.5 Å². The molecule has 2 rings (SSSR count). The standard InChI is InChI=1S/C12H10INO2S/c1-9-2-4-11(5-3-9)17(15,16)12-8-10(13)6-7-14-12/h2-8H,1H3. The number of aryl methyl sites for hydroxylation is 1. The fraction of sp³-hybridized carbons (Fsp3) is 0.0833. The average Bonchev–Trinajstić information content (AvgIpc) is 2.29. The van der Waals surface area contributed by atoms with Crippen LogP contribution >= 0.6 is 22.6 Å². The molecule has 5 heteroatoms. The fourth-order valence-corrected chi connectivity index (χ4v) is 3.26. The van der Waals surface area contributed by atoms with Crippen molar-refractivity contribution in [1.29, 1.82) is 0 Å². The number of nitrogens with zero attached hydrogens (tertiary/aromatic N) is 1. The number of hydrogen-bond acceptors (Lipinski definition) is 3. The molecule has 0 aliphatic carbocycles. The Bertz CT molecular complexity index is 636. The van der Waals surface area contributed by atoms with Gasteiger partial charge in [-0.15, -0.1) is 0 Å². The minimum absolute atomic E-state index is 0.0910. The summed E-state index contributed by atoms with van der Waals surface area (Å²) in [6, 6.07) is 10.1. The average molecular weight is 359 g/mol. The topological polar surface area (TPSA) is 47.0 Å². The summed E-state index contributed by atoms with van der Waals surface area (Å²) in [6.45, 7) is 1.92. The summed E-state index contributed by atoms with van der Waals surface area (Å²) in [7, 11) is -3.49. The molecule has 2 aromatic rings. The predicted molar refractivity (Wildman–Crippen MR) is 73.6 cm³/mol. The van der Waals surface area contributed by atoms with Crippen LogP contribution in [0.5, 0.6) is 0 Å². The number of halogens is 1. The van der Waals surface area contributed by atoms with Crippen molar-refractivity contribution in [2.45, 2.75) is 16.8 Å². The Hall–Kier alpha value is -0.950. The van der Waals surface area contributed by atoms with Gasteiger partial charge in [-0.3, -0.25) is 0 Å². The van der Waals surface area contributed by atoms with Crippen LogP contribution < -0.4 is 0 Å². The molecule has 1 aromatic carbocycles. The lowest BCUT2D eigenvalue weighted by molar-refractivity contribution is 0.592. The van der Waals surface area contributed by atoms with Crippen LogP contribution in [-0.4, -0.2) is 13.4 Å². The van der Waals surface area contributed by atoms with Gasteiger partial charge in [-0.2, -0.15) is 0 Å². The van der Waals surface area contributed by atoms with E-state index >= 15 is 0 Å². The Kier molecular flexibility index (Phi) is 3.48. The van der Waals surface area contributed by atoms with Gasteiger partial charge >= 0.3 is 0 Å². The number of hydrogen-bond donors (Lipinski definition) is 0. The van der Waals surface area contributed by atoms with Crippen LogP contribution in [0.2, 0.25) is 0 Å². The zero-order valence-corrected chi connectivity index (χ0v) is 12.1. The molecular formula is C12H10INO2S. The lowest BCUT2D eigenvalue weighted by Crippen LogP contribution is -2.04. The van der Waals surface area contributed by atoms with Gasteiger partial charge in [0.05, 0.1) is 4.90 Å². The molecule has 0 amide bonds. The lowest BCUT2D eigenvalue weighted by Gasteiger charge is -2.04. The van der Waals surface area contributed by atoms with Crippen LogP contribution in [0.4, 0.5) is 0 Å². The molecule has 17 heavy (non-hydrogen) atoms. The van der Waals surface area contributed by atoms with Crippen molar-refractivity contribution in [3.8, 4) is 0 Å². The third-order valence-electron chi connectivity index (χ3n) is 2.30. The quantitative estimate of drug-likeness (QED) is 0.775. The van der Waals surface area contributed by atoms with E-state index in [1.165, 1.54) is 6.20 Å². The molecule has 0 N–H and O–H groups in total. The number of pyridine rings is 1. The summed E-state index contributed by atoms with van der Waals surface area (Å²) in [4.78, 5) is 4.19.